The van der Waals surface area contributed by atoms with Crippen molar-refractivity contribution in [3.8, 4) is 0 Å². The number of thioether (sulfide) groups is 1. The fourth-order valence-electron chi connectivity index (χ4n) is 2.53. The number of hydrogen-bond acceptors (Lipinski definition) is 3. The van der Waals surface area contributed by atoms with E-state index < -0.39 is 11.9 Å². The third-order valence-corrected chi connectivity index (χ3v) is 4.62. The Balaban J connectivity index is 2.18. The van der Waals surface area contributed by atoms with Gasteiger partial charge in [0.15, 0.2) is 0 Å². The van der Waals surface area contributed by atoms with Gasteiger partial charge in [0, 0.05) is 23.2 Å². The highest BCUT2D eigenvalue weighted by molar-refractivity contribution is 8.00. The summed E-state index contributed by atoms with van der Waals surface area (Å²) in [7, 11) is 0. The molecule has 0 aromatic heterocycles. The standard InChI is InChI=1S/C16H21NO3S/c1-11(2)21-14-8-4-3-7-13(14)15(18)17-9-5-6-12(10-17)16(19)20/h3-4,7-8,11-12H,5-6,9-10H2,1-2H3,(H,19,20)/t12-/m0/s1. The molecule has 0 unspecified atom stereocenters. The van der Waals surface area contributed by atoms with Crippen LogP contribution in [0.25, 0.3) is 0 Å². The van der Waals surface area contributed by atoms with E-state index in [4.69, 9.17) is 5.11 Å². The minimum Gasteiger partial charge on any atom is -0.481 e. The van der Waals surface area contributed by atoms with Gasteiger partial charge in [0.1, 0.15) is 0 Å². The fourth-order valence-corrected chi connectivity index (χ4v) is 3.48. The minimum atomic E-state index is -0.808. The van der Waals surface area contributed by atoms with Gasteiger partial charge in [-0.2, -0.15) is 0 Å². The monoisotopic (exact) mass is 307 g/mol. The molecule has 1 aliphatic rings. The number of aliphatic carboxylic acids is 1. The van der Waals surface area contributed by atoms with Crippen molar-refractivity contribution >= 4 is 23.6 Å². The first-order valence-electron chi connectivity index (χ1n) is 7.26. The summed E-state index contributed by atoms with van der Waals surface area (Å²) in [6.45, 7) is 5.14. The van der Waals surface area contributed by atoms with E-state index in [0.29, 0.717) is 30.3 Å². The van der Waals surface area contributed by atoms with Gasteiger partial charge >= 0.3 is 5.97 Å². The highest BCUT2D eigenvalue weighted by atomic mass is 32.2. The van der Waals surface area contributed by atoms with E-state index in [1.54, 1.807) is 16.7 Å². The molecule has 2 rings (SSSR count). The number of amides is 1. The number of carboxylic acid groups (broad SMARTS) is 1. The van der Waals surface area contributed by atoms with Gasteiger partial charge in [0.05, 0.1) is 11.5 Å². The van der Waals surface area contributed by atoms with Crippen LogP contribution >= 0.6 is 11.8 Å². The summed E-state index contributed by atoms with van der Waals surface area (Å²) in [5.41, 5.74) is 0.683. The predicted molar refractivity (Wildman–Crippen MR) is 83.7 cm³/mol. The maximum absolute atomic E-state index is 12.7. The number of likely N-dealkylation sites (tertiary alicyclic amines) is 1. The van der Waals surface area contributed by atoms with Crippen molar-refractivity contribution in [1.29, 1.82) is 0 Å². The summed E-state index contributed by atoms with van der Waals surface area (Å²) >= 11 is 1.66. The van der Waals surface area contributed by atoms with Crippen LogP contribution in [0, 0.1) is 5.92 Å². The van der Waals surface area contributed by atoms with Crippen molar-refractivity contribution in [1.82, 2.24) is 4.90 Å². The van der Waals surface area contributed by atoms with Crippen molar-refractivity contribution in [2.24, 2.45) is 5.92 Å². The third kappa shape index (κ3) is 4.00. The Labute approximate surface area is 129 Å². The number of carbonyl (C=O) groups is 2. The zero-order valence-corrected chi connectivity index (χ0v) is 13.2. The molecule has 1 aromatic rings. The van der Waals surface area contributed by atoms with Gasteiger partial charge in [0.2, 0.25) is 0 Å². The van der Waals surface area contributed by atoms with Gasteiger partial charge in [-0.25, -0.2) is 0 Å². The van der Waals surface area contributed by atoms with E-state index in [1.807, 2.05) is 24.3 Å². The number of rotatable bonds is 4. The van der Waals surface area contributed by atoms with Gasteiger partial charge < -0.3 is 10.0 Å². The molecule has 0 aliphatic carbocycles. The van der Waals surface area contributed by atoms with Crippen LogP contribution in [0.15, 0.2) is 29.2 Å². The van der Waals surface area contributed by atoms with Crippen molar-refractivity contribution in [3.05, 3.63) is 29.8 Å². The molecule has 1 aromatic carbocycles. The molecule has 1 saturated heterocycles. The molecular formula is C16H21NO3S. The molecule has 0 radical (unpaired) electrons. The summed E-state index contributed by atoms with van der Waals surface area (Å²) in [5, 5.41) is 9.54. The van der Waals surface area contributed by atoms with Gasteiger partial charge in [-0.15, -0.1) is 11.8 Å². The molecule has 1 heterocycles. The van der Waals surface area contributed by atoms with Crippen LogP contribution in [0.5, 0.6) is 0 Å². The van der Waals surface area contributed by atoms with E-state index in [0.717, 1.165) is 11.3 Å². The van der Waals surface area contributed by atoms with Gasteiger partial charge in [-0.3, -0.25) is 9.59 Å². The molecule has 0 spiro atoms. The lowest BCUT2D eigenvalue weighted by atomic mass is 9.97. The highest BCUT2D eigenvalue weighted by Gasteiger charge is 2.29. The summed E-state index contributed by atoms with van der Waals surface area (Å²) in [4.78, 5) is 26.5. The Kier molecular flexibility index (Phi) is 5.28. The molecule has 1 amide bonds. The number of benzene rings is 1. The molecule has 1 fully saturated rings. The van der Waals surface area contributed by atoms with Crippen LogP contribution in [-0.4, -0.2) is 40.2 Å². The Morgan fingerprint density at radius 1 is 1.33 bits per heavy atom. The highest BCUT2D eigenvalue weighted by Crippen LogP contribution is 2.28. The second kappa shape index (κ2) is 6.98. The molecule has 1 atom stereocenters. The van der Waals surface area contributed by atoms with Crippen LogP contribution in [0.2, 0.25) is 0 Å². The topological polar surface area (TPSA) is 57.6 Å². The Morgan fingerprint density at radius 2 is 2.05 bits per heavy atom. The molecule has 5 heteroatoms. The van der Waals surface area contributed by atoms with E-state index in [1.165, 1.54) is 0 Å². The Bertz CT molecular complexity index is 530. The zero-order chi connectivity index (χ0) is 15.4. The summed E-state index contributed by atoms with van der Waals surface area (Å²) < 4.78 is 0. The van der Waals surface area contributed by atoms with Crippen molar-refractivity contribution in [2.45, 2.75) is 36.8 Å². The first-order chi connectivity index (χ1) is 9.99. The maximum atomic E-state index is 12.7. The zero-order valence-electron chi connectivity index (χ0n) is 12.4. The number of carboxylic acids is 1. The second-order valence-electron chi connectivity index (χ2n) is 5.59. The van der Waals surface area contributed by atoms with Crippen LogP contribution in [-0.2, 0) is 4.79 Å². The molecule has 0 bridgehead atoms. The third-order valence-electron chi connectivity index (χ3n) is 3.54. The molecule has 114 valence electrons. The molecule has 0 saturated carbocycles. The Hall–Kier alpha value is -1.49. The number of hydrogen-bond donors (Lipinski definition) is 1. The summed E-state index contributed by atoms with van der Waals surface area (Å²) in [5.74, 6) is -1.30. The molecule has 21 heavy (non-hydrogen) atoms. The minimum absolute atomic E-state index is 0.0512. The quantitative estimate of drug-likeness (QED) is 0.868. The number of nitrogens with zero attached hydrogens (tertiary/aromatic N) is 1. The summed E-state index contributed by atoms with van der Waals surface area (Å²) in [6, 6.07) is 7.57. The van der Waals surface area contributed by atoms with Crippen molar-refractivity contribution in [3.63, 3.8) is 0 Å². The number of carbonyl (C=O) groups excluding carboxylic acids is 1. The van der Waals surface area contributed by atoms with Crippen LogP contribution in [0.4, 0.5) is 0 Å². The average Bonchev–Trinajstić information content (AvgIpc) is 2.46. The lowest BCUT2D eigenvalue weighted by Crippen LogP contribution is -2.42. The SMILES string of the molecule is CC(C)Sc1ccccc1C(=O)N1CCC[C@H](C(=O)O)C1. The molecule has 4 nitrogen and oxygen atoms in total. The first kappa shape index (κ1) is 15.9. The Morgan fingerprint density at radius 3 is 2.71 bits per heavy atom. The average molecular weight is 307 g/mol. The van der Waals surface area contributed by atoms with E-state index in [9.17, 15) is 9.59 Å². The van der Waals surface area contributed by atoms with Gasteiger partial charge in [-0.05, 0) is 25.0 Å². The largest absolute Gasteiger partial charge is 0.481 e. The lowest BCUT2D eigenvalue weighted by molar-refractivity contribution is -0.143. The van der Waals surface area contributed by atoms with Crippen LogP contribution in [0.1, 0.15) is 37.0 Å². The van der Waals surface area contributed by atoms with E-state index in [2.05, 4.69) is 13.8 Å². The van der Waals surface area contributed by atoms with Gasteiger partial charge in [-0.1, -0.05) is 26.0 Å². The predicted octanol–water partition coefficient (Wildman–Crippen LogP) is 3.12. The van der Waals surface area contributed by atoms with Gasteiger partial charge in [0.25, 0.3) is 5.91 Å². The maximum Gasteiger partial charge on any atom is 0.308 e. The number of piperidine rings is 1. The summed E-state index contributed by atoms with van der Waals surface area (Å²) in [6.07, 6.45) is 1.41. The van der Waals surface area contributed by atoms with Crippen LogP contribution < -0.4 is 0 Å². The first-order valence-corrected chi connectivity index (χ1v) is 8.14. The second-order valence-corrected chi connectivity index (χ2v) is 7.21. The molecule has 1 aliphatic heterocycles. The lowest BCUT2D eigenvalue weighted by Gasteiger charge is -2.31. The molecular weight excluding hydrogens is 286 g/mol. The fraction of sp³-hybridized carbons (Fsp3) is 0.500. The van der Waals surface area contributed by atoms with Crippen molar-refractivity contribution in [2.75, 3.05) is 13.1 Å². The van der Waals surface area contributed by atoms with Crippen molar-refractivity contribution < 1.29 is 14.7 Å². The van der Waals surface area contributed by atoms with Crippen LogP contribution in [0.3, 0.4) is 0 Å². The van der Waals surface area contributed by atoms with E-state index >= 15 is 0 Å². The van der Waals surface area contributed by atoms with E-state index in [-0.39, 0.29) is 5.91 Å². The normalized spacial score (nSPS) is 18.8. The smallest absolute Gasteiger partial charge is 0.308 e. The molecule has 1 N–H and O–H groups in total.